The maximum Gasteiger partial charge on any atom is 0.0734 e. The van der Waals surface area contributed by atoms with Crippen molar-refractivity contribution in [3.8, 4) is 0 Å². The Bertz CT molecular complexity index is 321. The SMILES string of the molecule is CC1(C)C2CCC3CCCCC3(O)C1(C)CC2. The molecule has 0 amide bonds. The monoisotopic (exact) mass is 236 g/mol. The van der Waals surface area contributed by atoms with E-state index in [1.807, 2.05) is 0 Å². The second-order valence-corrected chi connectivity index (χ2v) is 7.73. The molecule has 0 aliphatic heterocycles. The zero-order valence-corrected chi connectivity index (χ0v) is 11.8. The molecule has 1 heteroatoms. The van der Waals surface area contributed by atoms with Gasteiger partial charge < -0.3 is 5.11 Å². The van der Waals surface area contributed by atoms with Crippen LogP contribution in [0.15, 0.2) is 0 Å². The van der Waals surface area contributed by atoms with E-state index < -0.39 is 0 Å². The summed E-state index contributed by atoms with van der Waals surface area (Å²) in [5, 5.41) is 11.5. The Hall–Kier alpha value is -0.0400. The fourth-order valence-corrected chi connectivity index (χ4v) is 5.62. The quantitative estimate of drug-likeness (QED) is 0.670. The molecule has 0 aromatic rings. The molecule has 0 saturated heterocycles. The van der Waals surface area contributed by atoms with E-state index in [0.29, 0.717) is 11.3 Å². The normalized spacial score (nSPS) is 52.9. The fraction of sp³-hybridized carbons (Fsp3) is 1.00. The predicted molar refractivity (Wildman–Crippen MR) is 70.8 cm³/mol. The van der Waals surface area contributed by atoms with Gasteiger partial charge in [0.1, 0.15) is 0 Å². The summed E-state index contributed by atoms with van der Waals surface area (Å²) < 4.78 is 0. The molecule has 1 N–H and O–H groups in total. The highest BCUT2D eigenvalue weighted by Gasteiger charge is 2.65. The van der Waals surface area contributed by atoms with Gasteiger partial charge in [0.2, 0.25) is 0 Å². The lowest BCUT2D eigenvalue weighted by molar-refractivity contribution is -0.171. The minimum Gasteiger partial charge on any atom is -0.389 e. The third-order valence-corrected chi connectivity index (χ3v) is 7.29. The number of hydrogen-bond acceptors (Lipinski definition) is 1. The molecule has 0 heterocycles. The molecule has 0 aromatic heterocycles. The Morgan fingerprint density at radius 2 is 1.53 bits per heavy atom. The second kappa shape index (κ2) is 3.50. The zero-order valence-electron chi connectivity index (χ0n) is 11.8. The first-order valence-electron chi connectivity index (χ1n) is 7.64. The van der Waals surface area contributed by atoms with Crippen molar-refractivity contribution in [3.63, 3.8) is 0 Å². The Labute approximate surface area is 106 Å². The summed E-state index contributed by atoms with van der Waals surface area (Å²) in [6.07, 6.45) is 10.1. The Kier molecular flexibility index (Phi) is 2.47. The van der Waals surface area contributed by atoms with E-state index in [1.54, 1.807) is 0 Å². The van der Waals surface area contributed by atoms with Crippen molar-refractivity contribution in [2.75, 3.05) is 0 Å². The van der Waals surface area contributed by atoms with E-state index in [2.05, 4.69) is 20.8 Å². The standard InChI is InChI=1S/C16H28O/c1-14(2)12-7-8-13-6-4-5-10-16(13,17)15(14,3)11-9-12/h12-13,17H,4-11H2,1-3H3. The van der Waals surface area contributed by atoms with Crippen LogP contribution in [-0.2, 0) is 0 Å². The molecule has 0 radical (unpaired) electrons. The first kappa shape index (κ1) is 12.0. The van der Waals surface area contributed by atoms with Crippen LogP contribution in [0.1, 0.15) is 72.1 Å². The molecule has 98 valence electrons. The number of aliphatic hydroxyl groups is 1. The van der Waals surface area contributed by atoms with Crippen LogP contribution in [-0.4, -0.2) is 10.7 Å². The van der Waals surface area contributed by atoms with Crippen LogP contribution in [0.3, 0.4) is 0 Å². The Morgan fingerprint density at radius 1 is 0.824 bits per heavy atom. The van der Waals surface area contributed by atoms with Crippen molar-refractivity contribution in [2.24, 2.45) is 22.7 Å². The highest BCUT2D eigenvalue weighted by Crippen LogP contribution is 2.68. The van der Waals surface area contributed by atoms with Gasteiger partial charge in [0.25, 0.3) is 0 Å². The van der Waals surface area contributed by atoms with Gasteiger partial charge in [0.05, 0.1) is 5.60 Å². The highest BCUT2D eigenvalue weighted by molar-refractivity contribution is 5.14. The van der Waals surface area contributed by atoms with Crippen molar-refractivity contribution >= 4 is 0 Å². The third-order valence-electron chi connectivity index (χ3n) is 7.29. The van der Waals surface area contributed by atoms with Gasteiger partial charge in [-0.25, -0.2) is 0 Å². The molecular formula is C16H28O. The Morgan fingerprint density at radius 3 is 2.29 bits per heavy atom. The van der Waals surface area contributed by atoms with Gasteiger partial charge in [-0.2, -0.15) is 0 Å². The molecule has 4 atom stereocenters. The Balaban J connectivity index is 2.08. The van der Waals surface area contributed by atoms with Crippen molar-refractivity contribution < 1.29 is 5.11 Å². The lowest BCUT2D eigenvalue weighted by atomic mass is 9.53. The minimum absolute atomic E-state index is 0.159. The molecule has 3 saturated carbocycles. The van der Waals surface area contributed by atoms with Gasteiger partial charge in [-0.1, -0.05) is 33.6 Å². The van der Waals surface area contributed by atoms with Crippen LogP contribution in [0.25, 0.3) is 0 Å². The highest BCUT2D eigenvalue weighted by atomic mass is 16.3. The topological polar surface area (TPSA) is 20.2 Å². The van der Waals surface area contributed by atoms with Gasteiger partial charge in [0, 0.05) is 5.41 Å². The molecule has 3 aliphatic carbocycles. The summed E-state index contributed by atoms with van der Waals surface area (Å²) >= 11 is 0. The number of rotatable bonds is 0. The van der Waals surface area contributed by atoms with Crippen LogP contribution in [0.4, 0.5) is 0 Å². The lowest BCUT2D eigenvalue weighted by Crippen LogP contribution is -2.57. The van der Waals surface area contributed by atoms with Crippen LogP contribution in [0.2, 0.25) is 0 Å². The van der Waals surface area contributed by atoms with Crippen LogP contribution >= 0.6 is 0 Å². The van der Waals surface area contributed by atoms with E-state index in [0.717, 1.165) is 12.3 Å². The van der Waals surface area contributed by atoms with E-state index in [4.69, 9.17) is 0 Å². The molecule has 2 bridgehead atoms. The predicted octanol–water partition coefficient (Wildman–Crippen LogP) is 4.14. The summed E-state index contributed by atoms with van der Waals surface area (Å²) in [4.78, 5) is 0. The third kappa shape index (κ3) is 1.30. The van der Waals surface area contributed by atoms with Crippen molar-refractivity contribution in [3.05, 3.63) is 0 Å². The van der Waals surface area contributed by atoms with E-state index in [1.165, 1.54) is 44.9 Å². The summed E-state index contributed by atoms with van der Waals surface area (Å²) in [6, 6.07) is 0. The van der Waals surface area contributed by atoms with Gasteiger partial charge in [-0.05, 0) is 55.8 Å². The van der Waals surface area contributed by atoms with Crippen LogP contribution in [0.5, 0.6) is 0 Å². The average Bonchev–Trinajstić information content (AvgIpc) is 2.47. The summed E-state index contributed by atoms with van der Waals surface area (Å²) in [6.45, 7) is 7.26. The second-order valence-electron chi connectivity index (χ2n) is 7.73. The molecular weight excluding hydrogens is 208 g/mol. The minimum atomic E-state index is -0.361. The van der Waals surface area contributed by atoms with Gasteiger partial charge >= 0.3 is 0 Å². The molecule has 4 unspecified atom stereocenters. The molecule has 1 nitrogen and oxygen atoms in total. The first-order chi connectivity index (χ1) is 7.92. The van der Waals surface area contributed by atoms with Crippen molar-refractivity contribution in [1.82, 2.24) is 0 Å². The largest absolute Gasteiger partial charge is 0.389 e. The van der Waals surface area contributed by atoms with E-state index in [-0.39, 0.29) is 11.0 Å². The number of fused-ring (bicyclic) bond motifs is 4. The van der Waals surface area contributed by atoms with Crippen molar-refractivity contribution in [2.45, 2.75) is 77.7 Å². The molecule has 0 aromatic carbocycles. The molecule has 0 spiro atoms. The molecule has 3 fully saturated rings. The van der Waals surface area contributed by atoms with Crippen LogP contribution < -0.4 is 0 Å². The van der Waals surface area contributed by atoms with Gasteiger partial charge in [-0.15, -0.1) is 0 Å². The average molecular weight is 236 g/mol. The summed E-state index contributed by atoms with van der Waals surface area (Å²) in [5.74, 6) is 1.44. The zero-order chi connectivity index (χ0) is 12.3. The maximum absolute atomic E-state index is 11.5. The first-order valence-corrected chi connectivity index (χ1v) is 7.64. The molecule has 3 rings (SSSR count). The smallest absolute Gasteiger partial charge is 0.0734 e. The molecule has 3 aliphatic rings. The van der Waals surface area contributed by atoms with Crippen molar-refractivity contribution in [1.29, 1.82) is 0 Å². The van der Waals surface area contributed by atoms with Crippen LogP contribution in [0, 0.1) is 22.7 Å². The van der Waals surface area contributed by atoms with Gasteiger partial charge in [0.15, 0.2) is 0 Å². The summed E-state index contributed by atoms with van der Waals surface area (Å²) in [5.41, 5.74) is 0.125. The molecule has 17 heavy (non-hydrogen) atoms. The number of hydrogen-bond donors (Lipinski definition) is 1. The van der Waals surface area contributed by atoms with E-state index >= 15 is 0 Å². The van der Waals surface area contributed by atoms with E-state index in [9.17, 15) is 5.11 Å². The fourth-order valence-electron chi connectivity index (χ4n) is 5.62. The maximum atomic E-state index is 11.5. The lowest BCUT2D eigenvalue weighted by Gasteiger charge is -2.55. The summed E-state index contributed by atoms with van der Waals surface area (Å²) in [7, 11) is 0. The van der Waals surface area contributed by atoms with Gasteiger partial charge in [-0.3, -0.25) is 0 Å².